The first kappa shape index (κ1) is 19.4. The summed E-state index contributed by atoms with van der Waals surface area (Å²) in [6, 6.07) is 6.27. The number of amides is 1. The van der Waals surface area contributed by atoms with E-state index in [4.69, 9.17) is 11.6 Å². The van der Waals surface area contributed by atoms with Crippen LogP contribution < -0.4 is 4.72 Å². The van der Waals surface area contributed by atoms with Crippen molar-refractivity contribution in [1.82, 2.24) is 24.6 Å². The van der Waals surface area contributed by atoms with Gasteiger partial charge >= 0.3 is 0 Å². The Morgan fingerprint density at radius 3 is 2.93 bits per heavy atom. The van der Waals surface area contributed by atoms with Crippen LogP contribution in [0, 0.1) is 0 Å². The van der Waals surface area contributed by atoms with Crippen LogP contribution in [-0.4, -0.2) is 46.8 Å². The predicted molar refractivity (Wildman–Crippen MR) is 115 cm³/mol. The average Bonchev–Trinajstić information content (AvgIpc) is 3.41. The van der Waals surface area contributed by atoms with Gasteiger partial charge in [-0.3, -0.25) is 9.78 Å². The molecule has 1 amide bonds. The van der Waals surface area contributed by atoms with Crippen LogP contribution in [0.3, 0.4) is 0 Å². The molecule has 5 rings (SSSR count). The quantitative estimate of drug-likeness (QED) is 0.444. The molecule has 1 fully saturated rings. The summed E-state index contributed by atoms with van der Waals surface area (Å²) in [5.74, 6) is -0.240. The second-order valence-corrected chi connectivity index (χ2v) is 10.4. The van der Waals surface area contributed by atoms with Gasteiger partial charge in [-0.15, -0.1) is 11.3 Å². The number of pyridine rings is 2. The largest absolute Gasteiger partial charge is 0.357 e. The Morgan fingerprint density at radius 1 is 1.27 bits per heavy atom. The standard InChI is InChI=1S/C19H16ClN5O3S2/c20-18-17-11(1-5-22-18)8-16(29-17)30(27,28)24-15-3-6-25(19(15)26)10-13-7-12-9-21-4-2-14(12)23-13/h1-2,4-5,7-9,15,23-24H,3,6,10H2/t15-/m0/s1. The molecular weight excluding hydrogens is 446 g/mol. The molecule has 8 nitrogen and oxygen atoms in total. The van der Waals surface area contributed by atoms with E-state index in [1.807, 2.05) is 12.1 Å². The van der Waals surface area contributed by atoms with Crippen molar-refractivity contribution in [2.75, 3.05) is 6.54 Å². The van der Waals surface area contributed by atoms with E-state index < -0.39 is 16.1 Å². The van der Waals surface area contributed by atoms with Gasteiger partial charge in [0.05, 0.1) is 11.2 Å². The first-order valence-electron chi connectivity index (χ1n) is 9.17. The van der Waals surface area contributed by atoms with E-state index in [9.17, 15) is 13.2 Å². The summed E-state index contributed by atoms with van der Waals surface area (Å²) in [7, 11) is -3.85. The number of rotatable bonds is 5. The van der Waals surface area contributed by atoms with Crippen LogP contribution in [0.2, 0.25) is 5.15 Å². The first-order chi connectivity index (χ1) is 14.4. The van der Waals surface area contributed by atoms with Crippen LogP contribution in [0.15, 0.2) is 47.1 Å². The van der Waals surface area contributed by atoms with Gasteiger partial charge in [0.2, 0.25) is 5.91 Å². The number of hydrogen-bond donors (Lipinski definition) is 2. The number of sulfonamides is 1. The number of H-pyrrole nitrogens is 1. The number of hydrogen-bond acceptors (Lipinski definition) is 6. The molecule has 0 aliphatic carbocycles. The molecule has 0 saturated carbocycles. The fourth-order valence-corrected chi connectivity index (χ4v) is 6.49. The van der Waals surface area contributed by atoms with Gasteiger partial charge in [-0.05, 0) is 36.1 Å². The van der Waals surface area contributed by atoms with Crippen molar-refractivity contribution in [1.29, 1.82) is 0 Å². The van der Waals surface area contributed by atoms with E-state index in [1.165, 1.54) is 6.20 Å². The number of halogens is 1. The molecule has 2 N–H and O–H groups in total. The van der Waals surface area contributed by atoms with E-state index in [0.717, 1.165) is 27.9 Å². The summed E-state index contributed by atoms with van der Waals surface area (Å²) in [4.78, 5) is 25.8. The van der Waals surface area contributed by atoms with Crippen LogP contribution in [-0.2, 0) is 21.4 Å². The lowest BCUT2D eigenvalue weighted by molar-refractivity contribution is -0.129. The summed E-state index contributed by atoms with van der Waals surface area (Å²) >= 11 is 7.10. The monoisotopic (exact) mass is 461 g/mol. The summed E-state index contributed by atoms with van der Waals surface area (Å²) in [5, 5.41) is 1.93. The number of carbonyl (C=O) groups excluding carboxylic acids is 1. The second kappa shape index (κ2) is 7.31. The van der Waals surface area contributed by atoms with E-state index in [2.05, 4.69) is 19.7 Å². The molecule has 0 unspecified atom stereocenters. The number of aromatic amines is 1. The normalized spacial score (nSPS) is 17.4. The van der Waals surface area contributed by atoms with Crippen LogP contribution in [0.5, 0.6) is 0 Å². The number of nitrogens with zero attached hydrogens (tertiary/aromatic N) is 3. The summed E-state index contributed by atoms with van der Waals surface area (Å²) < 4.78 is 29.0. The van der Waals surface area contributed by atoms with Gasteiger partial charge in [-0.2, -0.15) is 4.72 Å². The lowest BCUT2D eigenvalue weighted by Gasteiger charge is -2.16. The smallest absolute Gasteiger partial charge is 0.250 e. The zero-order valence-electron chi connectivity index (χ0n) is 15.5. The second-order valence-electron chi connectivity index (χ2n) is 7.07. The van der Waals surface area contributed by atoms with E-state index in [1.54, 1.807) is 29.4 Å². The topological polar surface area (TPSA) is 108 Å². The fourth-order valence-electron chi connectivity index (χ4n) is 3.61. The maximum Gasteiger partial charge on any atom is 0.250 e. The Bertz CT molecular complexity index is 1350. The molecule has 4 aromatic rings. The number of nitrogens with one attached hydrogen (secondary N) is 2. The summed E-state index contributed by atoms with van der Waals surface area (Å²) in [5.41, 5.74) is 1.82. The lowest BCUT2D eigenvalue weighted by Crippen LogP contribution is -2.41. The van der Waals surface area contributed by atoms with Gasteiger partial charge in [-0.25, -0.2) is 13.4 Å². The highest BCUT2D eigenvalue weighted by atomic mass is 35.5. The number of carbonyl (C=O) groups is 1. The third-order valence-electron chi connectivity index (χ3n) is 5.07. The summed E-state index contributed by atoms with van der Waals surface area (Å²) in [6.45, 7) is 0.859. The van der Waals surface area contributed by atoms with Gasteiger partial charge < -0.3 is 9.88 Å². The molecule has 1 saturated heterocycles. The number of fused-ring (bicyclic) bond motifs is 2. The van der Waals surface area contributed by atoms with E-state index in [-0.39, 0.29) is 15.3 Å². The van der Waals surface area contributed by atoms with Crippen molar-refractivity contribution in [2.45, 2.75) is 23.2 Å². The first-order valence-corrected chi connectivity index (χ1v) is 11.9. The minimum absolute atomic E-state index is 0.113. The molecule has 1 aliphatic rings. The molecule has 5 heterocycles. The van der Waals surface area contributed by atoms with Crippen molar-refractivity contribution in [3.05, 3.63) is 53.7 Å². The number of aromatic nitrogens is 3. The Balaban J connectivity index is 1.32. The van der Waals surface area contributed by atoms with Crippen molar-refractivity contribution in [2.24, 2.45) is 0 Å². The maximum atomic E-state index is 12.8. The Labute approximate surface area is 180 Å². The highest BCUT2D eigenvalue weighted by molar-refractivity contribution is 7.91. The molecule has 4 aromatic heterocycles. The van der Waals surface area contributed by atoms with Crippen LogP contribution >= 0.6 is 22.9 Å². The van der Waals surface area contributed by atoms with Gasteiger partial charge in [0, 0.05) is 41.7 Å². The Morgan fingerprint density at radius 2 is 2.13 bits per heavy atom. The molecule has 1 aliphatic heterocycles. The van der Waals surface area contributed by atoms with E-state index >= 15 is 0 Å². The summed E-state index contributed by atoms with van der Waals surface area (Å²) in [6.07, 6.45) is 5.39. The van der Waals surface area contributed by atoms with Crippen LogP contribution in [0.4, 0.5) is 0 Å². The highest BCUT2D eigenvalue weighted by Gasteiger charge is 2.35. The molecular formula is C19H16ClN5O3S2. The van der Waals surface area contributed by atoms with Crippen LogP contribution in [0.1, 0.15) is 12.1 Å². The van der Waals surface area contributed by atoms with Crippen LogP contribution in [0.25, 0.3) is 21.0 Å². The SMILES string of the molecule is O=C1[C@@H](NS(=O)(=O)c2cc3ccnc(Cl)c3s2)CCN1Cc1cc2cnccc2[nH]1. The molecule has 1 atom stereocenters. The van der Waals surface area contributed by atoms with Gasteiger partial charge in [-0.1, -0.05) is 11.6 Å². The van der Waals surface area contributed by atoms with Gasteiger partial charge in [0.25, 0.3) is 10.0 Å². The zero-order valence-corrected chi connectivity index (χ0v) is 17.9. The third kappa shape index (κ3) is 3.45. The molecule has 11 heteroatoms. The maximum absolute atomic E-state index is 12.8. The molecule has 0 radical (unpaired) electrons. The lowest BCUT2D eigenvalue weighted by atomic mass is 10.3. The average molecular weight is 462 g/mol. The highest BCUT2D eigenvalue weighted by Crippen LogP contribution is 2.33. The minimum Gasteiger partial charge on any atom is -0.357 e. The Kier molecular flexibility index (Phi) is 4.73. The molecule has 0 spiro atoms. The minimum atomic E-state index is -3.85. The number of thiophene rings is 1. The van der Waals surface area contributed by atoms with Crippen molar-refractivity contribution < 1.29 is 13.2 Å². The van der Waals surface area contributed by atoms with E-state index in [0.29, 0.717) is 29.6 Å². The molecule has 0 bridgehead atoms. The molecule has 154 valence electrons. The van der Waals surface area contributed by atoms with Crippen molar-refractivity contribution >= 4 is 59.9 Å². The predicted octanol–water partition coefficient (Wildman–Crippen LogP) is 2.91. The van der Waals surface area contributed by atoms with Crippen molar-refractivity contribution in [3.63, 3.8) is 0 Å². The number of likely N-dealkylation sites (tertiary alicyclic amines) is 1. The fraction of sp³-hybridized carbons (Fsp3) is 0.211. The van der Waals surface area contributed by atoms with Crippen molar-refractivity contribution in [3.8, 4) is 0 Å². The van der Waals surface area contributed by atoms with Gasteiger partial charge in [0.15, 0.2) is 0 Å². The third-order valence-corrected chi connectivity index (χ3v) is 8.57. The molecule has 30 heavy (non-hydrogen) atoms. The zero-order chi connectivity index (χ0) is 20.9. The molecule has 0 aromatic carbocycles. The van der Waals surface area contributed by atoms with Gasteiger partial charge in [0.1, 0.15) is 15.4 Å². The Hall–Kier alpha value is -2.53.